The van der Waals surface area contributed by atoms with E-state index in [2.05, 4.69) is 61.1 Å². The lowest BCUT2D eigenvalue weighted by Crippen LogP contribution is -2.46. The van der Waals surface area contributed by atoms with Gasteiger partial charge < -0.3 is 25.2 Å². The molecule has 1 fully saturated rings. The maximum absolute atomic E-state index is 12.7. The van der Waals surface area contributed by atoms with Gasteiger partial charge in [0.1, 0.15) is 11.5 Å². The zero-order chi connectivity index (χ0) is 26.4. The van der Waals surface area contributed by atoms with E-state index in [0.717, 1.165) is 32.5 Å². The molecule has 1 atom stereocenters. The van der Waals surface area contributed by atoms with E-state index in [1.54, 1.807) is 20.0 Å². The van der Waals surface area contributed by atoms with Crippen LogP contribution in [0.5, 0.6) is 0 Å². The van der Waals surface area contributed by atoms with Crippen LogP contribution in [0, 0.1) is 0 Å². The zero-order valence-electron chi connectivity index (χ0n) is 21.7. The Labute approximate surface area is 217 Å². The Bertz CT molecular complexity index is 1190. The highest BCUT2D eigenvalue weighted by atomic mass is 16.3. The van der Waals surface area contributed by atoms with Crippen LogP contribution in [0.4, 0.5) is 0 Å². The highest BCUT2D eigenvalue weighted by molar-refractivity contribution is 6.03. The van der Waals surface area contributed by atoms with E-state index in [1.165, 1.54) is 16.6 Å². The number of nitrogens with one attached hydrogen (secondary N) is 2. The quantitative estimate of drug-likeness (QED) is 0.282. The van der Waals surface area contributed by atoms with Crippen molar-refractivity contribution in [2.75, 3.05) is 39.8 Å². The number of rotatable bonds is 8. The fourth-order valence-electron chi connectivity index (χ4n) is 5.06. The largest absolute Gasteiger partial charge is 0.390 e. The Morgan fingerprint density at radius 1 is 1.22 bits per heavy atom. The topological polar surface area (TPSA) is 115 Å². The van der Waals surface area contributed by atoms with Crippen LogP contribution in [0.15, 0.2) is 52.1 Å². The van der Waals surface area contributed by atoms with Crippen LogP contribution in [-0.2, 0) is 22.7 Å². The Morgan fingerprint density at radius 3 is 2.68 bits per heavy atom. The molecule has 2 aromatic rings. The number of benzene rings is 1. The van der Waals surface area contributed by atoms with Gasteiger partial charge in [-0.2, -0.15) is 0 Å². The summed E-state index contributed by atoms with van der Waals surface area (Å²) in [7, 11) is 1.64. The van der Waals surface area contributed by atoms with E-state index in [4.69, 9.17) is 0 Å². The minimum absolute atomic E-state index is 0.0863. The molecule has 1 unspecified atom stereocenters. The van der Waals surface area contributed by atoms with Gasteiger partial charge in [-0.25, -0.2) is 0 Å². The van der Waals surface area contributed by atoms with Gasteiger partial charge in [-0.1, -0.05) is 18.2 Å². The molecular formula is C27H37N7O3. The summed E-state index contributed by atoms with van der Waals surface area (Å²) in [6.07, 6.45) is 2.46. The normalized spacial score (nSPS) is 18.4. The highest BCUT2D eigenvalue weighted by Crippen LogP contribution is 2.24. The average Bonchev–Trinajstić information content (AvgIpc) is 3.27. The Kier molecular flexibility index (Phi) is 8.73. The van der Waals surface area contributed by atoms with Gasteiger partial charge >= 0.3 is 0 Å². The first-order valence-corrected chi connectivity index (χ1v) is 12.8. The molecule has 198 valence electrons. The minimum atomic E-state index is -0.713. The molecule has 1 saturated heterocycles. The third-order valence-electron chi connectivity index (χ3n) is 7.10. The van der Waals surface area contributed by atoms with E-state index < -0.39 is 12.0 Å². The number of amidine groups is 1. The molecule has 0 radical (unpaired) electrons. The molecule has 2 aliphatic heterocycles. The molecule has 4 rings (SSSR count). The molecule has 1 aromatic carbocycles. The van der Waals surface area contributed by atoms with Gasteiger partial charge in [0.15, 0.2) is 0 Å². The third kappa shape index (κ3) is 6.64. The zero-order valence-corrected chi connectivity index (χ0v) is 21.7. The molecule has 2 aliphatic rings. The third-order valence-corrected chi connectivity index (χ3v) is 7.10. The molecule has 3 heterocycles. The van der Waals surface area contributed by atoms with Crippen LogP contribution in [0.2, 0.25) is 0 Å². The van der Waals surface area contributed by atoms with Gasteiger partial charge in [-0.15, -0.1) is 0 Å². The number of likely N-dealkylation sites (tertiary alicyclic amines) is 1. The monoisotopic (exact) mass is 507 g/mol. The summed E-state index contributed by atoms with van der Waals surface area (Å²) < 4.78 is 2.33. The summed E-state index contributed by atoms with van der Waals surface area (Å²) >= 11 is 0. The lowest BCUT2D eigenvalue weighted by atomic mass is 10.0. The van der Waals surface area contributed by atoms with Gasteiger partial charge in [0.2, 0.25) is 5.91 Å². The summed E-state index contributed by atoms with van der Waals surface area (Å²) in [6, 6.07) is 10.7. The lowest BCUT2D eigenvalue weighted by Gasteiger charge is -2.32. The van der Waals surface area contributed by atoms with Crippen molar-refractivity contribution in [3.8, 4) is 0 Å². The minimum Gasteiger partial charge on any atom is -0.390 e. The van der Waals surface area contributed by atoms with Gasteiger partial charge in [-0.05, 0) is 37.1 Å². The lowest BCUT2D eigenvalue weighted by molar-refractivity contribution is -0.129. The number of aromatic nitrogens is 1. The summed E-state index contributed by atoms with van der Waals surface area (Å²) in [5, 5.41) is 17.9. The van der Waals surface area contributed by atoms with Crippen LogP contribution < -0.4 is 10.6 Å². The van der Waals surface area contributed by atoms with E-state index in [0.29, 0.717) is 25.5 Å². The summed E-state index contributed by atoms with van der Waals surface area (Å²) in [4.78, 5) is 36.4. The first kappa shape index (κ1) is 26.6. The smallest absolute Gasteiger partial charge is 0.270 e. The number of aliphatic imine (C=N–C) groups is 2. The number of aliphatic hydroxyl groups excluding tert-OH is 1. The second-order valence-electron chi connectivity index (χ2n) is 9.67. The number of para-hydroxylation sites is 1. The molecule has 0 bridgehead atoms. The van der Waals surface area contributed by atoms with E-state index in [-0.39, 0.29) is 24.2 Å². The second-order valence-corrected chi connectivity index (χ2v) is 9.67. The molecular weight excluding hydrogens is 470 g/mol. The van der Waals surface area contributed by atoms with Gasteiger partial charge in [0.25, 0.3) is 5.91 Å². The first-order valence-electron chi connectivity index (χ1n) is 12.8. The van der Waals surface area contributed by atoms with Crippen molar-refractivity contribution in [3.05, 3.63) is 47.8 Å². The molecule has 0 aliphatic carbocycles. The number of fused-ring (bicyclic) bond motifs is 3. The van der Waals surface area contributed by atoms with E-state index in [9.17, 15) is 14.7 Å². The molecule has 10 nitrogen and oxygen atoms in total. The van der Waals surface area contributed by atoms with Gasteiger partial charge in [0.05, 0.1) is 6.10 Å². The van der Waals surface area contributed by atoms with E-state index in [1.807, 2.05) is 11.0 Å². The van der Waals surface area contributed by atoms with E-state index >= 15 is 0 Å². The van der Waals surface area contributed by atoms with Crippen molar-refractivity contribution in [1.29, 1.82) is 0 Å². The molecule has 3 N–H and O–H groups in total. The van der Waals surface area contributed by atoms with Crippen molar-refractivity contribution < 1.29 is 14.7 Å². The number of β-amino-alcohol motifs (C(OH)–C–C–N with tert-alkyl or cyclic N) is 1. The molecule has 10 heteroatoms. The van der Waals surface area contributed by atoms with Crippen molar-refractivity contribution in [2.24, 2.45) is 9.98 Å². The standard InChI is InChI=1S/C27H37N7O3/c1-19(35)33-10-8-21(9-11-33)31-26(29-3)15-24(28-2)27(37)30-16-23(36)18-32-12-13-34-22(17-32)14-20-6-4-5-7-25(20)34/h4-7,14-15,21,23,36H,2,8-13,16-18H2,1,3H3,(H,29,31)(H,30,37)/b24-15-. The molecule has 0 saturated carbocycles. The van der Waals surface area contributed by atoms with Crippen molar-refractivity contribution >= 4 is 35.3 Å². The number of hydrogen-bond acceptors (Lipinski definition) is 6. The summed E-state index contributed by atoms with van der Waals surface area (Å²) in [5.74, 6) is 0.202. The second kappa shape index (κ2) is 12.2. The van der Waals surface area contributed by atoms with Crippen LogP contribution >= 0.6 is 0 Å². The van der Waals surface area contributed by atoms with Gasteiger partial charge in [-0.3, -0.25) is 24.5 Å². The molecule has 0 spiro atoms. The number of nitrogens with zero attached hydrogens (tertiary/aromatic N) is 5. The number of piperidine rings is 1. The fraction of sp³-hybridized carbons (Fsp3) is 0.481. The molecule has 1 aromatic heterocycles. The highest BCUT2D eigenvalue weighted by Gasteiger charge is 2.23. The van der Waals surface area contributed by atoms with Crippen LogP contribution in [0.3, 0.4) is 0 Å². The van der Waals surface area contributed by atoms with Crippen molar-refractivity contribution in [3.63, 3.8) is 0 Å². The number of hydrogen-bond donors (Lipinski definition) is 3. The number of amides is 2. The van der Waals surface area contributed by atoms with Crippen molar-refractivity contribution in [2.45, 2.75) is 45.0 Å². The molecule has 2 amide bonds. The SMILES string of the molecule is C=N/C(=C\C(=NC)NC1CCN(C(C)=O)CC1)C(=O)NCC(O)CN1CCn2c(cc3ccccc32)C1. The fourth-order valence-corrected chi connectivity index (χ4v) is 5.06. The number of carbonyl (C=O) groups excluding carboxylic acids is 2. The van der Waals surface area contributed by atoms with Crippen LogP contribution in [0.1, 0.15) is 25.5 Å². The van der Waals surface area contributed by atoms with Crippen LogP contribution in [0.25, 0.3) is 10.9 Å². The maximum Gasteiger partial charge on any atom is 0.270 e. The van der Waals surface area contributed by atoms with Crippen molar-refractivity contribution in [1.82, 2.24) is 25.0 Å². The van der Waals surface area contributed by atoms with Crippen LogP contribution in [-0.4, -0.2) is 95.8 Å². The molecule has 37 heavy (non-hydrogen) atoms. The summed E-state index contributed by atoms with van der Waals surface area (Å²) in [5.41, 5.74) is 2.60. The number of aliphatic hydroxyl groups is 1. The first-order chi connectivity index (χ1) is 17.9. The predicted octanol–water partition coefficient (Wildman–Crippen LogP) is 1.15. The average molecular weight is 508 g/mol. The summed E-state index contributed by atoms with van der Waals surface area (Å²) in [6.45, 7) is 9.53. The maximum atomic E-state index is 12.7. The Morgan fingerprint density at radius 2 is 1.97 bits per heavy atom. The Hall–Kier alpha value is -3.50. The predicted molar refractivity (Wildman–Crippen MR) is 146 cm³/mol. The van der Waals surface area contributed by atoms with Gasteiger partial charge in [0, 0.05) is 83.1 Å². The Balaban J connectivity index is 1.26. The number of carbonyl (C=O) groups is 2.